The summed E-state index contributed by atoms with van der Waals surface area (Å²) in [5.74, 6) is 0.992. The molecule has 0 amide bonds. The first kappa shape index (κ1) is 13.3. The first-order valence-corrected chi connectivity index (χ1v) is 6.84. The average molecular weight is 308 g/mol. The number of rotatable bonds is 4. The molecule has 3 N–H and O–H groups in total. The molecule has 3 nitrogen and oxygen atoms in total. The SMILES string of the molecule is CC(C)(CCN)c1ncc(-c2ccc(Br)cc2)[nH]1. The lowest BCUT2D eigenvalue weighted by molar-refractivity contribution is 0.462. The van der Waals surface area contributed by atoms with Crippen LogP contribution in [-0.4, -0.2) is 16.5 Å². The molecule has 2 rings (SSSR count). The first-order valence-electron chi connectivity index (χ1n) is 6.04. The van der Waals surface area contributed by atoms with Gasteiger partial charge < -0.3 is 10.7 Å². The normalized spacial score (nSPS) is 11.8. The minimum atomic E-state index is -0.0115. The number of H-pyrrole nitrogens is 1. The number of nitrogens with two attached hydrogens (primary N) is 1. The van der Waals surface area contributed by atoms with Crippen LogP contribution in [0.4, 0.5) is 0 Å². The van der Waals surface area contributed by atoms with E-state index in [1.165, 1.54) is 0 Å². The highest BCUT2D eigenvalue weighted by atomic mass is 79.9. The molecule has 0 spiro atoms. The van der Waals surface area contributed by atoms with Gasteiger partial charge in [-0.2, -0.15) is 0 Å². The molecule has 0 atom stereocenters. The van der Waals surface area contributed by atoms with Crippen LogP contribution in [0.3, 0.4) is 0 Å². The highest BCUT2D eigenvalue weighted by Crippen LogP contribution is 2.27. The molecule has 0 aliphatic heterocycles. The maximum absolute atomic E-state index is 5.64. The zero-order chi connectivity index (χ0) is 13.2. The number of imidazole rings is 1. The van der Waals surface area contributed by atoms with Crippen molar-refractivity contribution in [2.75, 3.05) is 6.54 Å². The number of aromatic amines is 1. The Morgan fingerprint density at radius 1 is 1.28 bits per heavy atom. The molecular weight excluding hydrogens is 290 g/mol. The van der Waals surface area contributed by atoms with E-state index in [1.807, 2.05) is 18.3 Å². The van der Waals surface area contributed by atoms with Crippen LogP contribution in [0.2, 0.25) is 0 Å². The lowest BCUT2D eigenvalue weighted by atomic mass is 9.88. The molecule has 0 radical (unpaired) electrons. The molecule has 0 aliphatic carbocycles. The second-order valence-corrected chi connectivity index (χ2v) is 5.99. The summed E-state index contributed by atoms with van der Waals surface area (Å²) in [7, 11) is 0. The molecule has 0 aliphatic rings. The van der Waals surface area contributed by atoms with Crippen LogP contribution >= 0.6 is 15.9 Å². The monoisotopic (exact) mass is 307 g/mol. The first-order chi connectivity index (χ1) is 8.53. The van der Waals surface area contributed by atoms with Gasteiger partial charge in [0.2, 0.25) is 0 Å². The summed E-state index contributed by atoms with van der Waals surface area (Å²) in [6.45, 7) is 4.98. The van der Waals surface area contributed by atoms with Gasteiger partial charge in [0.25, 0.3) is 0 Å². The summed E-state index contributed by atoms with van der Waals surface area (Å²) >= 11 is 3.44. The van der Waals surface area contributed by atoms with Gasteiger partial charge in [0.15, 0.2) is 0 Å². The van der Waals surface area contributed by atoms with E-state index in [0.29, 0.717) is 6.54 Å². The Morgan fingerprint density at radius 3 is 2.56 bits per heavy atom. The van der Waals surface area contributed by atoms with Crippen molar-refractivity contribution in [3.8, 4) is 11.3 Å². The van der Waals surface area contributed by atoms with Crippen molar-refractivity contribution in [3.63, 3.8) is 0 Å². The molecule has 1 aromatic heterocycles. The zero-order valence-electron chi connectivity index (χ0n) is 10.7. The summed E-state index contributed by atoms with van der Waals surface area (Å²) in [6, 6.07) is 8.19. The van der Waals surface area contributed by atoms with Crippen molar-refractivity contribution in [1.29, 1.82) is 0 Å². The van der Waals surface area contributed by atoms with Crippen molar-refractivity contribution in [2.45, 2.75) is 25.7 Å². The van der Waals surface area contributed by atoms with E-state index in [0.717, 1.165) is 28.0 Å². The van der Waals surface area contributed by atoms with Gasteiger partial charge in [-0.15, -0.1) is 0 Å². The van der Waals surface area contributed by atoms with Crippen molar-refractivity contribution in [2.24, 2.45) is 5.73 Å². The van der Waals surface area contributed by atoms with Crippen LogP contribution in [0.1, 0.15) is 26.1 Å². The van der Waals surface area contributed by atoms with Crippen LogP contribution < -0.4 is 5.73 Å². The highest BCUT2D eigenvalue weighted by molar-refractivity contribution is 9.10. The molecule has 0 unspecified atom stereocenters. The van der Waals surface area contributed by atoms with E-state index in [9.17, 15) is 0 Å². The van der Waals surface area contributed by atoms with Crippen LogP contribution in [0.15, 0.2) is 34.9 Å². The van der Waals surface area contributed by atoms with Crippen molar-refractivity contribution < 1.29 is 0 Å². The van der Waals surface area contributed by atoms with Crippen molar-refractivity contribution in [1.82, 2.24) is 9.97 Å². The number of hydrogen-bond acceptors (Lipinski definition) is 2. The molecule has 0 saturated carbocycles. The minimum absolute atomic E-state index is 0.0115. The Balaban J connectivity index is 2.28. The third-order valence-electron chi connectivity index (χ3n) is 3.14. The Bertz CT molecular complexity index is 514. The van der Waals surface area contributed by atoms with Gasteiger partial charge in [-0.05, 0) is 30.7 Å². The molecule has 4 heteroatoms. The summed E-state index contributed by atoms with van der Waals surface area (Å²) in [6.07, 6.45) is 2.80. The number of halogens is 1. The predicted molar refractivity (Wildman–Crippen MR) is 78.4 cm³/mol. The van der Waals surface area contributed by atoms with Crippen LogP contribution in [0.25, 0.3) is 11.3 Å². The van der Waals surface area contributed by atoms with Crippen LogP contribution in [-0.2, 0) is 5.41 Å². The fraction of sp³-hybridized carbons (Fsp3) is 0.357. The second-order valence-electron chi connectivity index (χ2n) is 5.07. The summed E-state index contributed by atoms with van der Waals surface area (Å²) in [4.78, 5) is 7.87. The molecule has 96 valence electrons. The number of benzene rings is 1. The fourth-order valence-electron chi connectivity index (χ4n) is 1.92. The quantitative estimate of drug-likeness (QED) is 0.908. The molecule has 1 aromatic carbocycles. The molecule has 0 saturated heterocycles. The molecule has 1 heterocycles. The smallest absolute Gasteiger partial charge is 0.112 e. The number of nitrogens with one attached hydrogen (secondary N) is 1. The fourth-order valence-corrected chi connectivity index (χ4v) is 2.18. The lowest BCUT2D eigenvalue weighted by Crippen LogP contribution is -2.23. The lowest BCUT2D eigenvalue weighted by Gasteiger charge is -2.20. The van der Waals surface area contributed by atoms with Gasteiger partial charge in [0.1, 0.15) is 5.82 Å². The van der Waals surface area contributed by atoms with Gasteiger partial charge in [-0.25, -0.2) is 4.98 Å². The van der Waals surface area contributed by atoms with Crippen molar-refractivity contribution in [3.05, 3.63) is 40.8 Å². The Labute approximate surface area is 116 Å². The van der Waals surface area contributed by atoms with Crippen LogP contribution in [0.5, 0.6) is 0 Å². The van der Waals surface area contributed by atoms with Gasteiger partial charge in [-0.3, -0.25) is 0 Å². The van der Waals surface area contributed by atoms with E-state index >= 15 is 0 Å². The Morgan fingerprint density at radius 2 is 1.94 bits per heavy atom. The van der Waals surface area contributed by atoms with E-state index < -0.39 is 0 Å². The number of aromatic nitrogens is 2. The molecule has 0 fully saturated rings. The second kappa shape index (κ2) is 5.24. The van der Waals surface area contributed by atoms with E-state index in [1.54, 1.807) is 0 Å². The molecule has 2 aromatic rings. The number of nitrogens with zero attached hydrogens (tertiary/aromatic N) is 1. The maximum atomic E-state index is 5.64. The standard InChI is InChI=1S/C14H18BrN3/c1-14(2,7-8-16)13-17-9-12(18-13)10-3-5-11(15)6-4-10/h3-6,9H,7-8,16H2,1-2H3,(H,17,18). The Kier molecular flexibility index (Phi) is 3.88. The molecule has 0 bridgehead atoms. The van der Waals surface area contributed by atoms with Gasteiger partial charge in [0.05, 0.1) is 11.9 Å². The van der Waals surface area contributed by atoms with Gasteiger partial charge in [-0.1, -0.05) is 41.9 Å². The largest absolute Gasteiger partial charge is 0.342 e. The highest BCUT2D eigenvalue weighted by Gasteiger charge is 2.23. The molecule has 18 heavy (non-hydrogen) atoms. The number of hydrogen-bond donors (Lipinski definition) is 2. The third-order valence-corrected chi connectivity index (χ3v) is 3.67. The zero-order valence-corrected chi connectivity index (χ0v) is 12.3. The summed E-state index contributed by atoms with van der Waals surface area (Å²) in [5.41, 5.74) is 7.81. The molecular formula is C14H18BrN3. The van der Waals surface area contributed by atoms with E-state index in [4.69, 9.17) is 5.73 Å². The predicted octanol–water partition coefficient (Wildman–Crippen LogP) is 3.47. The summed E-state index contributed by atoms with van der Waals surface area (Å²) < 4.78 is 1.08. The average Bonchev–Trinajstić information content (AvgIpc) is 2.80. The van der Waals surface area contributed by atoms with Gasteiger partial charge in [0, 0.05) is 9.89 Å². The minimum Gasteiger partial charge on any atom is -0.342 e. The van der Waals surface area contributed by atoms with E-state index in [-0.39, 0.29) is 5.41 Å². The maximum Gasteiger partial charge on any atom is 0.112 e. The van der Waals surface area contributed by atoms with E-state index in [2.05, 4.69) is 51.9 Å². The van der Waals surface area contributed by atoms with Gasteiger partial charge >= 0.3 is 0 Å². The van der Waals surface area contributed by atoms with Crippen LogP contribution in [0, 0.1) is 0 Å². The third kappa shape index (κ3) is 2.82. The summed E-state index contributed by atoms with van der Waals surface area (Å²) in [5, 5.41) is 0. The Hall–Kier alpha value is -1.13. The topological polar surface area (TPSA) is 54.7 Å². The van der Waals surface area contributed by atoms with Crippen molar-refractivity contribution >= 4 is 15.9 Å².